The van der Waals surface area contributed by atoms with Gasteiger partial charge in [-0.25, -0.2) is 0 Å². The molecule has 1 aromatic carbocycles. The van der Waals surface area contributed by atoms with Crippen LogP contribution in [0, 0.1) is 6.92 Å². The molecule has 0 saturated carbocycles. The van der Waals surface area contributed by atoms with Gasteiger partial charge in [0.2, 0.25) is 0 Å². The zero-order chi connectivity index (χ0) is 9.68. The Morgan fingerprint density at radius 3 is 2.38 bits per heavy atom. The third kappa shape index (κ3) is 3.02. The Kier molecular flexibility index (Phi) is 3.69. The van der Waals surface area contributed by atoms with E-state index in [2.05, 4.69) is 6.92 Å². The third-order valence-electron chi connectivity index (χ3n) is 2.08. The zero-order valence-corrected chi connectivity index (χ0v) is 8.05. The highest BCUT2D eigenvalue weighted by Gasteiger charge is 1.97. The van der Waals surface area contributed by atoms with Crippen molar-refractivity contribution in [3.05, 3.63) is 42.3 Å². The van der Waals surface area contributed by atoms with Gasteiger partial charge in [0.05, 0.1) is 0 Å². The fraction of sp³-hybridized carbons (Fsp3) is 0.333. The van der Waals surface area contributed by atoms with Crippen molar-refractivity contribution in [2.24, 2.45) is 0 Å². The molecule has 0 spiro atoms. The van der Waals surface area contributed by atoms with Crippen molar-refractivity contribution in [3.8, 4) is 0 Å². The first-order valence-corrected chi connectivity index (χ1v) is 4.63. The molecule has 0 fully saturated rings. The highest BCUT2D eigenvalue weighted by atomic mass is 16.1. The molecule has 0 atom stereocenters. The van der Waals surface area contributed by atoms with Gasteiger partial charge in [-0.1, -0.05) is 37.6 Å². The molecule has 0 aromatic heterocycles. The maximum Gasteiger partial charge on any atom is 0.159 e. The minimum Gasteiger partial charge on any atom is -0.295 e. The highest BCUT2D eigenvalue weighted by Crippen LogP contribution is 2.07. The van der Waals surface area contributed by atoms with E-state index in [0.717, 1.165) is 24.8 Å². The quantitative estimate of drug-likeness (QED) is 0.643. The molecule has 1 radical (unpaired) electrons. The van der Waals surface area contributed by atoms with Crippen LogP contribution in [-0.2, 0) is 6.42 Å². The van der Waals surface area contributed by atoms with Crippen LogP contribution in [0.25, 0.3) is 0 Å². The molecule has 0 heterocycles. The number of carbonyl (C=O) groups is 1. The third-order valence-corrected chi connectivity index (χ3v) is 2.08. The van der Waals surface area contributed by atoms with Gasteiger partial charge in [0, 0.05) is 5.56 Å². The Morgan fingerprint density at radius 1 is 1.31 bits per heavy atom. The van der Waals surface area contributed by atoms with Crippen molar-refractivity contribution < 1.29 is 4.79 Å². The smallest absolute Gasteiger partial charge is 0.159 e. The standard InChI is InChI=1S/C12H15O/c1-3-4-5-11-6-8-12(9-7-11)10(2)13/h6-9H,1,3-5H2,2H3. The summed E-state index contributed by atoms with van der Waals surface area (Å²) in [5, 5.41) is 0. The van der Waals surface area contributed by atoms with Crippen molar-refractivity contribution in [1.29, 1.82) is 0 Å². The molecule has 0 saturated heterocycles. The Labute approximate surface area is 79.8 Å². The fourth-order valence-corrected chi connectivity index (χ4v) is 1.24. The second kappa shape index (κ2) is 4.80. The Morgan fingerprint density at radius 2 is 1.92 bits per heavy atom. The number of Topliss-reactive ketones (excluding diaryl/α,β-unsaturated/α-hetero) is 1. The van der Waals surface area contributed by atoms with Crippen molar-refractivity contribution in [2.45, 2.75) is 26.2 Å². The summed E-state index contributed by atoms with van der Waals surface area (Å²) in [6.07, 6.45) is 3.13. The van der Waals surface area contributed by atoms with Crippen LogP contribution in [0.3, 0.4) is 0 Å². The molecular formula is C12H15O. The molecular weight excluding hydrogens is 160 g/mol. The molecule has 0 amide bonds. The van der Waals surface area contributed by atoms with E-state index in [-0.39, 0.29) is 5.78 Å². The molecule has 0 aliphatic heterocycles. The minimum atomic E-state index is 0.128. The van der Waals surface area contributed by atoms with Crippen LogP contribution in [-0.4, -0.2) is 5.78 Å². The van der Waals surface area contributed by atoms with Crippen LogP contribution in [0.1, 0.15) is 35.7 Å². The van der Waals surface area contributed by atoms with Gasteiger partial charge in [0.25, 0.3) is 0 Å². The van der Waals surface area contributed by atoms with Crippen molar-refractivity contribution >= 4 is 5.78 Å². The first-order valence-electron chi connectivity index (χ1n) is 4.63. The highest BCUT2D eigenvalue weighted by molar-refractivity contribution is 5.93. The Bertz CT molecular complexity index is 272. The summed E-state index contributed by atoms with van der Waals surface area (Å²) in [7, 11) is 0. The molecule has 1 nitrogen and oxygen atoms in total. The molecule has 0 unspecified atom stereocenters. The van der Waals surface area contributed by atoms with E-state index in [1.54, 1.807) is 6.92 Å². The van der Waals surface area contributed by atoms with Gasteiger partial charge >= 0.3 is 0 Å². The lowest BCUT2D eigenvalue weighted by molar-refractivity contribution is 0.101. The van der Waals surface area contributed by atoms with Gasteiger partial charge < -0.3 is 0 Å². The Hall–Kier alpha value is -1.11. The number of ketones is 1. The van der Waals surface area contributed by atoms with Crippen LogP contribution in [0.4, 0.5) is 0 Å². The first-order chi connectivity index (χ1) is 6.24. The van der Waals surface area contributed by atoms with Gasteiger partial charge in [-0.2, -0.15) is 0 Å². The molecule has 0 aliphatic carbocycles. The number of aryl methyl sites for hydroxylation is 1. The van der Waals surface area contributed by atoms with E-state index in [9.17, 15) is 4.79 Å². The topological polar surface area (TPSA) is 17.1 Å². The molecule has 69 valence electrons. The van der Waals surface area contributed by atoms with E-state index in [4.69, 9.17) is 0 Å². The number of carbonyl (C=O) groups excluding carboxylic acids is 1. The predicted molar refractivity (Wildman–Crippen MR) is 54.7 cm³/mol. The first kappa shape index (κ1) is 9.97. The summed E-state index contributed by atoms with van der Waals surface area (Å²) >= 11 is 0. The molecule has 1 aromatic rings. The van der Waals surface area contributed by atoms with Gasteiger partial charge in [0.1, 0.15) is 0 Å². The summed E-state index contributed by atoms with van der Waals surface area (Å²) < 4.78 is 0. The normalized spacial score (nSPS) is 10.0. The molecule has 0 bridgehead atoms. The predicted octanol–water partition coefficient (Wildman–Crippen LogP) is 3.05. The lowest BCUT2D eigenvalue weighted by Crippen LogP contribution is -1.92. The molecule has 13 heavy (non-hydrogen) atoms. The summed E-state index contributed by atoms with van der Waals surface area (Å²) in [6, 6.07) is 7.82. The van der Waals surface area contributed by atoms with Gasteiger partial charge in [-0.15, -0.1) is 0 Å². The van der Waals surface area contributed by atoms with E-state index >= 15 is 0 Å². The van der Waals surface area contributed by atoms with Crippen LogP contribution >= 0.6 is 0 Å². The van der Waals surface area contributed by atoms with Crippen LogP contribution in [0.2, 0.25) is 0 Å². The zero-order valence-electron chi connectivity index (χ0n) is 8.05. The van der Waals surface area contributed by atoms with E-state index in [1.165, 1.54) is 5.56 Å². The van der Waals surface area contributed by atoms with Crippen LogP contribution < -0.4 is 0 Å². The average Bonchev–Trinajstić information content (AvgIpc) is 2.15. The maximum atomic E-state index is 11.0. The minimum absolute atomic E-state index is 0.128. The molecule has 1 heteroatoms. The largest absolute Gasteiger partial charge is 0.295 e. The van der Waals surface area contributed by atoms with E-state index < -0.39 is 0 Å². The van der Waals surface area contributed by atoms with Gasteiger partial charge in [0.15, 0.2) is 5.78 Å². The monoisotopic (exact) mass is 175 g/mol. The van der Waals surface area contributed by atoms with Crippen molar-refractivity contribution in [1.82, 2.24) is 0 Å². The number of hydrogen-bond donors (Lipinski definition) is 0. The second-order valence-electron chi connectivity index (χ2n) is 3.21. The molecule has 0 N–H and O–H groups in total. The van der Waals surface area contributed by atoms with E-state index in [0.29, 0.717) is 0 Å². The van der Waals surface area contributed by atoms with Crippen LogP contribution in [0.15, 0.2) is 24.3 Å². The number of rotatable bonds is 4. The summed E-state index contributed by atoms with van der Waals surface area (Å²) in [4.78, 5) is 11.0. The lowest BCUT2D eigenvalue weighted by Gasteiger charge is -2.00. The molecule has 0 aliphatic rings. The second-order valence-corrected chi connectivity index (χ2v) is 3.21. The van der Waals surface area contributed by atoms with Crippen LogP contribution in [0.5, 0.6) is 0 Å². The van der Waals surface area contributed by atoms with Crippen molar-refractivity contribution in [3.63, 3.8) is 0 Å². The summed E-state index contributed by atoms with van der Waals surface area (Å²) in [5.74, 6) is 0.128. The Balaban J connectivity index is 2.64. The maximum absolute atomic E-state index is 11.0. The summed E-state index contributed by atoms with van der Waals surface area (Å²) in [5.41, 5.74) is 2.08. The average molecular weight is 175 g/mol. The van der Waals surface area contributed by atoms with Gasteiger partial charge in [-0.3, -0.25) is 4.79 Å². The summed E-state index contributed by atoms with van der Waals surface area (Å²) in [6.45, 7) is 5.38. The molecule has 1 rings (SSSR count). The van der Waals surface area contributed by atoms with E-state index in [1.807, 2.05) is 24.3 Å². The number of benzene rings is 1. The fourth-order valence-electron chi connectivity index (χ4n) is 1.24. The van der Waals surface area contributed by atoms with Gasteiger partial charge in [-0.05, 0) is 25.3 Å². The number of hydrogen-bond acceptors (Lipinski definition) is 1. The number of unbranched alkanes of at least 4 members (excludes halogenated alkanes) is 1. The lowest BCUT2D eigenvalue weighted by atomic mass is 10.1. The van der Waals surface area contributed by atoms with Crippen molar-refractivity contribution in [2.75, 3.05) is 0 Å². The SMILES string of the molecule is [CH2]CCCc1ccc(C(C)=O)cc1.